The van der Waals surface area contributed by atoms with E-state index in [2.05, 4.69) is 15.5 Å². The zero-order valence-electron chi connectivity index (χ0n) is 11.4. The van der Waals surface area contributed by atoms with Crippen molar-refractivity contribution in [2.24, 2.45) is 0 Å². The van der Waals surface area contributed by atoms with Crippen molar-refractivity contribution >= 4 is 29.1 Å². The number of aryl methyl sites for hydroxylation is 1. The van der Waals surface area contributed by atoms with Crippen LogP contribution in [0.1, 0.15) is 24.7 Å². The number of benzene rings is 1. The molecule has 1 unspecified atom stereocenters. The molecule has 1 N–H and O–H groups in total. The minimum absolute atomic E-state index is 0.197. The molecular formula is C13H13Cl2N3O3. The fourth-order valence-corrected chi connectivity index (χ4v) is 1.90. The largest absolute Gasteiger partial charge is 0.482 e. The van der Waals surface area contributed by atoms with E-state index >= 15 is 0 Å². The van der Waals surface area contributed by atoms with Crippen LogP contribution in [0.3, 0.4) is 0 Å². The van der Waals surface area contributed by atoms with Crippen molar-refractivity contribution in [3.63, 3.8) is 0 Å². The van der Waals surface area contributed by atoms with Gasteiger partial charge in [-0.2, -0.15) is 4.98 Å². The topological polar surface area (TPSA) is 77.2 Å². The Balaban J connectivity index is 1.89. The monoisotopic (exact) mass is 329 g/mol. The lowest BCUT2D eigenvalue weighted by atomic mass is 10.3. The maximum Gasteiger partial charge on any atom is 0.258 e. The summed E-state index contributed by atoms with van der Waals surface area (Å²) in [6.07, 6.45) is 0. The van der Waals surface area contributed by atoms with Gasteiger partial charge in [0.15, 0.2) is 12.4 Å². The Hall–Kier alpha value is -1.79. The molecule has 0 spiro atoms. The highest BCUT2D eigenvalue weighted by Gasteiger charge is 2.16. The van der Waals surface area contributed by atoms with Crippen molar-refractivity contribution < 1.29 is 14.1 Å². The number of halogens is 2. The van der Waals surface area contributed by atoms with E-state index in [0.29, 0.717) is 27.5 Å². The van der Waals surface area contributed by atoms with Crippen molar-refractivity contribution in [1.82, 2.24) is 15.5 Å². The zero-order chi connectivity index (χ0) is 15.4. The van der Waals surface area contributed by atoms with Gasteiger partial charge in [0.25, 0.3) is 5.91 Å². The van der Waals surface area contributed by atoms with E-state index in [-0.39, 0.29) is 12.5 Å². The quantitative estimate of drug-likeness (QED) is 0.912. The van der Waals surface area contributed by atoms with Crippen molar-refractivity contribution in [1.29, 1.82) is 0 Å². The van der Waals surface area contributed by atoms with Crippen LogP contribution < -0.4 is 10.1 Å². The van der Waals surface area contributed by atoms with E-state index in [9.17, 15) is 4.79 Å². The van der Waals surface area contributed by atoms with E-state index in [0.717, 1.165) is 0 Å². The normalized spacial score (nSPS) is 12.0. The van der Waals surface area contributed by atoms with Gasteiger partial charge < -0.3 is 14.6 Å². The predicted molar refractivity (Wildman–Crippen MR) is 77.5 cm³/mol. The summed E-state index contributed by atoms with van der Waals surface area (Å²) in [6, 6.07) is 4.37. The molecule has 0 fully saturated rings. The second-order valence-corrected chi connectivity index (χ2v) is 5.18. The van der Waals surface area contributed by atoms with E-state index in [4.69, 9.17) is 32.5 Å². The van der Waals surface area contributed by atoms with E-state index in [1.54, 1.807) is 32.0 Å². The Labute approximate surface area is 131 Å². The highest BCUT2D eigenvalue weighted by molar-refractivity contribution is 6.34. The van der Waals surface area contributed by atoms with Gasteiger partial charge in [0.1, 0.15) is 11.8 Å². The summed E-state index contributed by atoms with van der Waals surface area (Å²) in [6.45, 7) is 3.24. The Morgan fingerprint density at radius 2 is 2.24 bits per heavy atom. The van der Waals surface area contributed by atoms with Crippen LogP contribution in [0.25, 0.3) is 0 Å². The molecule has 112 valence electrons. The molecule has 1 aromatic heterocycles. The number of aromatic nitrogens is 2. The molecule has 2 rings (SSSR count). The SMILES string of the molecule is Cc1noc(C(C)NC(=O)COc2cc(Cl)ccc2Cl)n1. The van der Waals surface area contributed by atoms with Crippen LogP contribution in [0.15, 0.2) is 22.7 Å². The fourth-order valence-electron chi connectivity index (χ4n) is 1.56. The van der Waals surface area contributed by atoms with Gasteiger partial charge in [-0.15, -0.1) is 0 Å². The molecule has 1 atom stereocenters. The number of carbonyl (C=O) groups is 1. The lowest BCUT2D eigenvalue weighted by Gasteiger charge is -2.11. The molecule has 0 radical (unpaired) electrons. The van der Waals surface area contributed by atoms with E-state index in [1.807, 2.05) is 0 Å². The second kappa shape index (κ2) is 6.78. The lowest BCUT2D eigenvalue weighted by molar-refractivity contribution is -0.123. The Bertz CT molecular complexity index is 645. The Morgan fingerprint density at radius 3 is 2.90 bits per heavy atom. The molecule has 8 heteroatoms. The van der Waals surface area contributed by atoms with Gasteiger partial charge in [-0.3, -0.25) is 4.79 Å². The third-order valence-electron chi connectivity index (χ3n) is 2.54. The average Bonchev–Trinajstić information content (AvgIpc) is 2.86. The summed E-state index contributed by atoms with van der Waals surface area (Å²) in [5, 5.41) is 7.20. The maximum atomic E-state index is 11.8. The summed E-state index contributed by atoms with van der Waals surface area (Å²) in [5.41, 5.74) is 0. The average molecular weight is 330 g/mol. The number of amides is 1. The van der Waals surface area contributed by atoms with Crippen molar-refractivity contribution in [3.8, 4) is 5.75 Å². The number of ether oxygens (including phenoxy) is 1. The molecule has 1 amide bonds. The van der Waals surface area contributed by atoms with Crippen LogP contribution in [0.5, 0.6) is 5.75 Å². The van der Waals surface area contributed by atoms with Gasteiger partial charge in [-0.25, -0.2) is 0 Å². The predicted octanol–water partition coefficient (Wildman–Crippen LogP) is 2.94. The van der Waals surface area contributed by atoms with Gasteiger partial charge in [-0.05, 0) is 26.0 Å². The first kappa shape index (κ1) is 15.6. The molecule has 0 aliphatic carbocycles. The Kier molecular flexibility index (Phi) is 5.03. The summed E-state index contributed by atoms with van der Waals surface area (Å²) in [4.78, 5) is 15.8. The van der Waals surface area contributed by atoms with Crippen LogP contribution in [-0.2, 0) is 4.79 Å². The molecule has 2 aromatic rings. The molecule has 1 aromatic carbocycles. The molecular weight excluding hydrogens is 317 g/mol. The molecule has 0 aliphatic heterocycles. The first-order valence-corrected chi connectivity index (χ1v) is 6.88. The third-order valence-corrected chi connectivity index (χ3v) is 3.09. The van der Waals surface area contributed by atoms with E-state index < -0.39 is 6.04 Å². The Morgan fingerprint density at radius 1 is 1.48 bits per heavy atom. The number of nitrogens with zero attached hydrogens (tertiary/aromatic N) is 2. The molecule has 0 bridgehead atoms. The number of nitrogens with one attached hydrogen (secondary N) is 1. The standard InChI is InChI=1S/C13H13Cl2N3O3/c1-7(13-17-8(2)18-21-13)16-12(19)6-20-11-5-9(14)3-4-10(11)15/h3-5,7H,6H2,1-2H3,(H,16,19). The molecule has 1 heterocycles. The van der Waals surface area contributed by atoms with Crippen molar-refractivity contribution in [2.75, 3.05) is 6.61 Å². The minimum Gasteiger partial charge on any atom is -0.482 e. The van der Waals surface area contributed by atoms with Gasteiger partial charge in [0.2, 0.25) is 5.89 Å². The van der Waals surface area contributed by atoms with Crippen LogP contribution in [0, 0.1) is 6.92 Å². The maximum absolute atomic E-state index is 11.8. The first-order valence-electron chi connectivity index (χ1n) is 6.13. The van der Waals surface area contributed by atoms with Crippen LogP contribution in [-0.4, -0.2) is 22.7 Å². The summed E-state index contributed by atoms with van der Waals surface area (Å²) in [7, 11) is 0. The van der Waals surface area contributed by atoms with Crippen LogP contribution >= 0.6 is 23.2 Å². The van der Waals surface area contributed by atoms with Crippen molar-refractivity contribution in [2.45, 2.75) is 19.9 Å². The highest BCUT2D eigenvalue weighted by atomic mass is 35.5. The number of rotatable bonds is 5. The summed E-state index contributed by atoms with van der Waals surface area (Å²) >= 11 is 11.8. The van der Waals surface area contributed by atoms with Gasteiger partial charge in [0, 0.05) is 11.1 Å². The van der Waals surface area contributed by atoms with Crippen LogP contribution in [0.2, 0.25) is 10.0 Å². The van der Waals surface area contributed by atoms with Gasteiger partial charge in [-0.1, -0.05) is 28.4 Å². The summed E-state index contributed by atoms with van der Waals surface area (Å²) in [5.74, 6) is 0.852. The fraction of sp³-hybridized carbons (Fsp3) is 0.308. The molecule has 0 saturated heterocycles. The molecule has 0 saturated carbocycles. The van der Waals surface area contributed by atoms with Crippen LogP contribution in [0.4, 0.5) is 0 Å². The first-order chi connectivity index (χ1) is 9.95. The van der Waals surface area contributed by atoms with Gasteiger partial charge in [0.05, 0.1) is 5.02 Å². The summed E-state index contributed by atoms with van der Waals surface area (Å²) < 4.78 is 10.3. The smallest absolute Gasteiger partial charge is 0.258 e. The van der Waals surface area contributed by atoms with Gasteiger partial charge >= 0.3 is 0 Å². The number of carbonyl (C=O) groups excluding carboxylic acids is 1. The van der Waals surface area contributed by atoms with Crippen molar-refractivity contribution in [3.05, 3.63) is 40.0 Å². The number of hydrogen-bond acceptors (Lipinski definition) is 5. The molecule has 21 heavy (non-hydrogen) atoms. The molecule has 6 nitrogen and oxygen atoms in total. The second-order valence-electron chi connectivity index (χ2n) is 4.33. The number of hydrogen-bond donors (Lipinski definition) is 1. The zero-order valence-corrected chi connectivity index (χ0v) is 12.9. The van der Waals surface area contributed by atoms with E-state index in [1.165, 1.54) is 0 Å². The lowest BCUT2D eigenvalue weighted by Crippen LogP contribution is -2.31. The minimum atomic E-state index is -0.405. The third kappa shape index (κ3) is 4.34. The molecule has 0 aliphatic rings. The highest BCUT2D eigenvalue weighted by Crippen LogP contribution is 2.27.